The highest BCUT2D eigenvalue weighted by molar-refractivity contribution is 7.09. The highest BCUT2D eigenvalue weighted by atomic mass is 32.1. The number of anilines is 1. The van der Waals surface area contributed by atoms with Crippen molar-refractivity contribution in [3.8, 4) is 0 Å². The summed E-state index contributed by atoms with van der Waals surface area (Å²) >= 11 is 1.73. The molecule has 3 rings (SSSR count). The molecule has 0 amide bonds. The number of nitrogens with one attached hydrogen (secondary N) is 1. The second-order valence-electron chi connectivity index (χ2n) is 4.17. The van der Waals surface area contributed by atoms with E-state index in [2.05, 4.69) is 32.9 Å². The Bertz CT molecular complexity index is 522. The van der Waals surface area contributed by atoms with Crippen LogP contribution >= 0.6 is 11.3 Å². The third kappa shape index (κ3) is 2.03. The topological polar surface area (TPSA) is 63.8 Å². The summed E-state index contributed by atoms with van der Waals surface area (Å²) in [6.07, 6.45) is 4.03. The molecule has 5 heteroatoms. The summed E-state index contributed by atoms with van der Waals surface area (Å²) in [5, 5.41) is 2.07. The largest absolute Gasteiger partial charge is 0.308 e. The minimum Gasteiger partial charge on any atom is -0.308 e. The van der Waals surface area contributed by atoms with Gasteiger partial charge in [-0.1, -0.05) is 6.07 Å². The van der Waals surface area contributed by atoms with E-state index in [1.807, 2.05) is 0 Å². The highest BCUT2D eigenvalue weighted by Gasteiger charge is 2.18. The number of nitrogen functional groups attached to an aromatic ring is 1. The van der Waals surface area contributed by atoms with E-state index >= 15 is 0 Å². The fourth-order valence-electron chi connectivity index (χ4n) is 2.25. The first kappa shape index (κ1) is 10.7. The third-order valence-corrected chi connectivity index (χ3v) is 3.90. The van der Waals surface area contributed by atoms with Gasteiger partial charge in [-0.25, -0.2) is 15.8 Å². The second-order valence-corrected chi connectivity index (χ2v) is 5.20. The van der Waals surface area contributed by atoms with Crippen LogP contribution in [0.5, 0.6) is 0 Å². The Labute approximate surface area is 104 Å². The molecule has 0 saturated carbocycles. The van der Waals surface area contributed by atoms with Crippen molar-refractivity contribution in [1.82, 2.24) is 9.97 Å². The Morgan fingerprint density at radius 2 is 2.29 bits per heavy atom. The van der Waals surface area contributed by atoms with Gasteiger partial charge in [-0.05, 0) is 30.7 Å². The number of hydrazine groups is 1. The molecule has 0 fully saturated rings. The molecular formula is C12H14N4S. The summed E-state index contributed by atoms with van der Waals surface area (Å²) in [5.74, 6) is 7.19. The zero-order chi connectivity index (χ0) is 11.7. The zero-order valence-corrected chi connectivity index (χ0v) is 10.3. The first-order valence-electron chi connectivity index (χ1n) is 5.74. The van der Waals surface area contributed by atoms with Crippen molar-refractivity contribution in [3.63, 3.8) is 0 Å². The lowest BCUT2D eigenvalue weighted by molar-refractivity contribution is 0.887. The van der Waals surface area contributed by atoms with Crippen molar-refractivity contribution in [1.29, 1.82) is 0 Å². The minimum atomic E-state index is 0.791. The van der Waals surface area contributed by atoms with Crippen LogP contribution < -0.4 is 11.3 Å². The van der Waals surface area contributed by atoms with E-state index in [9.17, 15) is 0 Å². The summed E-state index contributed by atoms with van der Waals surface area (Å²) in [7, 11) is 0. The fraction of sp³-hybridized carbons (Fsp3) is 0.333. The molecule has 2 aromatic rings. The molecule has 0 spiro atoms. The molecule has 2 aromatic heterocycles. The van der Waals surface area contributed by atoms with E-state index < -0.39 is 0 Å². The van der Waals surface area contributed by atoms with Crippen LogP contribution in [0.2, 0.25) is 0 Å². The molecule has 0 unspecified atom stereocenters. The average molecular weight is 246 g/mol. The van der Waals surface area contributed by atoms with E-state index in [0.717, 1.165) is 37.3 Å². The van der Waals surface area contributed by atoms with E-state index in [1.165, 1.54) is 16.1 Å². The van der Waals surface area contributed by atoms with Crippen molar-refractivity contribution < 1.29 is 0 Å². The first-order chi connectivity index (χ1) is 8.36. The number of aromatic nitrogens is 2. The molecule has 0 radical (unpaired) electrons. The molecule has 3 N–H and O–H groups in total. The number of hydrogen-bond acceptors (Lipinski definition) is 5. The number of fused-ring (bicyclic) bond motifs is 1. The van der Waals surface area contributed by atoms with Gasteiger partial charge in [-0.3, -0.25) is 0 Å². The maximum absolute atomic E-state index is 5.53. The van der Waals surface area contributed by atoms with E-state index in [4.69, 9.17) is 5.84 Å². The smallest absolute Gasteiger partial charge is 0.147 e. The van der Waals surface area contributed by atoms with Gasteiger partial charge in [0.15, 0.2) is 0 Å². The normalized spacial score (nSPS) is 13.7. The van der Waals surface area contributed by atoms with Gasteiger partial charge < -0.3 is 5.43 Å². The van der Waals surface area contributed by atoms with Crippen LogP contribution in [0, 0.1) is 0 Å². The van der Waals surface area contributed by atoms with Crippen molar-refractivity contribution in [3.05, 3.63) is 39.5 Å². The molecule has 0 saturated heterocycles. The number of nitrogens with zero attached hydrogens (tertiary/aromatic N) is 2. The van der Waals surface area contributed by atoms with Crippen LogP contribution in [0.4, 0.5) is 5.82 Å². The summed E-state index contributed by atoms with van der Waals surface area (Å²) < 4.78 is 0. The summed E-state index contributed by atoms with van der Waals surface area (Å²) in [6.45, 7) is 0. The number of hydrogen-bond donors (Lipinski definition) is 2. The Kier molecular flexibility index (Phi) is 2.78. The molecule has 0 aromatic carbocycles. The standard InChI is InChI=1S/C12H14N4S/c13-16-12-9-4-1-5-10(9)14-11(15-12)7-8-3-2-6-17-8/h2-3,6H,1,4-5,7,13H2,(H,14,15,16). The highest BCUT2D eigenvalue weighted by Crippen LogP contribution is 2.26. The Hall–Kier alpha value is -1.46. The van der Waals surface area contributed by atoms with E-state index in [1.54, 1.807) is 11.3 Å². The maximum atomic E-state index is 5.53. The molecule has 1 aliphatic carbocycles. The summed E-state index contributed by atoms with van der Waals surface area (Å²) in [5.41, 5.74) is 5.06. The number of thiophene rings is 1. The van der Waals surface area contributed by atoms with Gasteiger partial charge in [-0.15, -0.1) is 11.3 Å². The van der Waals surface area contributed by atoms with Crippen LogP contribution in [0.3, 0.4) is 0 Å². The Morgan fingerprint density at radius 3 is 3.06 bits per heavy atom. The molecule has 2 heterocycles. The monoisotopic (exact) mass is 246 g/mol. The molecule has 17 heavy (non-hydrogen) atoms. The Morgan fingerprint density at radius 1 is 1.35 bits per heavy atom. The fourth-order valence-corrected chi connectivity index (χ4v) is 2.95. The van der Waals surface area contributed by atoms with Gasteiger partial charge in [0.2, 0.25) is 0 Å². The molecule has 4 nitrogen and oxygen atoms in total. The maximum Gasteiger partial charge on any atom is 0.147 e. The third-order valence-electron chi connectivity index (χ3n) is 3.03. The minimum absolute atomic E-state index is 0.791. The predicted octanol–water partition coefficient (Wildman–Crippen LogP) is 1.90. The van der Waals surface area contributed by atoms with Crippen molar-refractivity contribution in [2.24, 2.45) is 5.84 Å². The second kappa shape index (κ2) is 4.43. The van der Waals surface area contributed by atoms with Crippen LogP contribution in [-0.2, 0) is 19.3 Å². The van der Waals surface area contributed by atoms with Gasteiger partial charge >= 0.3 is 0 Å². The quantitative estimate of drug-likeness (QED) is 0.641. The van der Waals surface area contributed by atoms with Crippen molar-refractivity contribution in [2.75, 3.05) is 5.43 Å². The summed E-state index contributed by atoms with van der Waals surface area (Å²) in [4.78, 5) is 10.4. The van der Waals surface area contributed by atoms with Gasteiger partial charge in [0, 0.05) is 22.6 Å². The van der Waals surface area contributed by atoms with Gasteiger partial charge in [0.05, 0.1) is 0 Å². The lowest BCUT2D eigenvalue weighted by atomic mass is 10.2. The molecule has 0 aliphatic heterocycles. The molecule has 88 valence electrons. The SMILES string of the molecule is NNc1nc(Cc2cccs2)nc2c1CCC2. The lowest BCUT2D eigenvalue weighted by Crippen LogP contribution is -2.13. The van der Waals surface area contributed by atoms with Crippen molar-refractivity contribution >= 4 is 17.2 Å². The van der Waals surface area contributed by atoms with Crippen molar-refractivity contribution in [2.45, 2.75) is 25.7 Å². The van der Waals surface area contributed by atoms with Gasteiger partial charge in [0.1, 0.15) is 11.6 Å². The first-order valence-corrected chi connectivity index (χ1v) is 6.62. The lowest BCUT2D eigenvalue weighted by Gasteiger charge is -2.08. The molecule has 1 aliphatic rings. The van der Waals surface area contributed by atoms with Gasteiger partial charge in [-0.2, -0.15) is 0 Å². The average Bonchev–Trinajstić information content (AvgIpc) is 2.98. The number of rotatable bonds is 3. The number of aryl methyl sites for hydroxylation is 1. The Balaban J connectivity index is 1.95. The van der Waals surface area contributed by atoms with Gasteiger partial charge in [0.25, 0.3) is 0 Å². The van der Waals surface area contributed by atoms with E-state index in [0.29, 0.717) is 0 Å². The van der Waals surface area contributed by atoms with Crippen LogP contribution in [0.15, 0.2) is 17.5 Å². The van der Waals surface area contributed by atoms with Crippen LogP contribution in [0.25, 0.3) is 0 Å². The summed E-state index contributed by atoms with van der Waals surface area (Å²) in [6, 6.07) is 4.16. The molecular weight excluding hydrogens is 232 g/mol. The van der Waals surface area contributed by atoms with Crippen LogP contribution in [0.1, 0.15) is 28.4 Å². The molecule has 0 atom stereocenters. The predicted molar refractivity (Wildman–Crippen MR) is 69.0 cm³/mol. The zero-order valence-electron chi connectivity index (χ0n) is 9.44. The molecule has 0 bridgehead atoms. The van der Waals surface area contributed by atoms with Crippen LogP contribution in [-0.4, -0.2) is 9.97 Å². The number of nitrogens with two attached hydrogens (primary N) is 1. The van der Waals surface area contributed by atoms with E-state index in [-0.39, 0.29) is 0 Å².